The summed E-state index contributed by atoms with van der Waals surface area (Å²) in [7, 11) is 0. The van der Waals surface area contributed by atoms with Gasteiger partial charge in [0.15, 0.2) is 11.4 Å². The van der Waals surface area contributed by atoms with Crippen LogP contribution in [-0.2, 0) is 16.0 Å². The van der Waals surface area contributed by atoms with Gasteiger partial charge in [-0.25, -0.2) is 0 Å². The summed E-state index contributed by atoms with van der Waals surface area (Å²) >= 11 is 0. The molecule has 0 aliphatic carbocycles. The van der Waals surface area contributed by atoms with Crippen LogP contribution in [0.5, 0.6) is 0 Å². The molecule has 0 amide bonds. The quantitative estimate of drug-likeness (QED) is 0.450. The standard InChI is InChI=1S/C25H27N7O3/c1-2-4-18(5-3-1)17-26-25-27-20-16-19(6-7-21(20)35-25)22-28-23(31-8-12-33-13-9-31)30-24(29-22)32-10-14-34-15-11-32/h1-7,16H,8-15,17H2,(H,26,27). The van der Waals surface area contributed by atoms with Crippen molar-refractivity contribution in [3.05, 3.63) is 54.1 Å². The molecule has 0 spiro atoms. The predicted octanol–water partition coefficient (Wildman–Crippen LogP) is 2.97. The molecule has 4 heterocycles. The molecule has 2 aromatic carbocycles. The van der Waals surface area contributed by atoms with Crippen molar-refractivity contribution in [1.82, 2.24) is 19.9 Å². The Kier molecular flexibility index (Phi) is 6.12. The Morgan fingerprint density at radius 1 is 0.743 bits per heavy atom. The largest absolute Gasteiger partial charge is 0.424 e. The molecule has 2 aliphatic heterocycles. The van der Waals surface area contributed by atoms with E-state index in [1.807, 2.05) is 36.4 Å². The van der Waals surface area contributed by atoms with Crippen LogP contribution in [0.25, 0.3) is 22.5 Å². The van der Waals surface area contributed by atoms with Gasteiger partial charge in [0.05, 0.1) is 26.4 Å². The number of benzene rings is 2. The third-order valence-corrected chi connectivity index (χ3v) is 6.13. The molecule has 2 saturated heterocycles. The Bertz CT molecular complexity index is 1250. The average molecular weight is 474 g/mol. The number of hydrogen-bond donors (Lipinski definition) is 1. The van der Waals surface area contributed by atoms with Crippen molar-refractivity contribution in [1.29, 1.82) is 0 Å². The van der Waals surface area contributed by atoms with Crippen molar-refractivity contribution in [2.24, 2.45) is 0 Å². The van der Waals surface area contributed by atoms with E-state index < -0.39 is 0 Å². The third kappa shape index (κ3) is 4.89. The fourth-order valence-corrected chi connectivity index (χ4v) is 4.21. The number of nitrogens with zero attached hydrogens (tertiary/aromatic N) is 6. The van der Waals surface area contributed by atoms with Crippen molar-refractivity contribution in [2.75, 3.05) is 67.7 Å². The van der Waals surface area contributed by atoms with E-state index >= 15 is 0 Å². The highest BCUT2D eigenvalue weighted by molar-refractivity contribution is 5.80. The van der Waals surface area contributed by atoms with Gasteiger partial charge in [-0.15, -0.1) is 0 Å². The maximum Gasteiger partial charge on any atom is 0.295 e. The van der Waals surface area contributed by atoms with E-state index in [9.17, 15) is 0 Å². The van der Waals surface area contributed by atoms with Crippen LogP contribution >= 0.6 is 0 Å². The smallest absolute Gasteiger partial charge is 0.295 e. The average Bonchev–Trinajstić information content (AvgIpc) is 3.35. The molecule has 0 saturated carbocycles. The van der Waals surface area contributed by atoms with Crippen LogP contribution in [-0.4, -0.2) is 72.5 Å². The molecule has 0 bridgehead atoms. The molecule has 0 radical (unpaired) electrons. The maximum atomic E-state index is 5.90. The number of morpholine rings is 2. The number of oxazole rings is 1. The number of ether oxygens (including phenoxy) is 2. The Morgan fingerprint density at radius 3 is 2.06 bits per heavy atom. The number of hydrogen-bond acceptors (Lipinski definition) is 10. The van der Waals surface area contributed by atoms with Gasteiger partial charge >= 0.3 is 0 Å². The molecular weight excluding hydrogens is 446 g/mol. The minimum atomic E-state index is 0.486. The first-order valence-electron chi connectivity index (χ1n) is 11.9. The summed E-state index contributed by atoms with van der Waals surface area (Å²) in [5.41, 5.74) is 3.48. The molecule has 180 valence electrons. The lowest BCUT2D eigenvalue weighted by molar-refractivity contribution is 0.121. The van der Waals surface area contributed by atoms with Crippen LogP contribution < -0.4 is 15.1 Å². The molecule has 2 fully saturated rings. The van der Waals surface area contributed by atoms with Crippen molar-refractivity contribution in [3.8, 4) is 11.4 Å². The van der Waals surface area contributed by atoms with Crippen LogP contribution in [0.2, 0.25) is 0 Å². The molecule has 0 atom stereocenters. The molecule has 10 nitrogen and oxygen atoms in total. The number of anilines is 3. The summed E-state index contributed by atoms with van der Waals surface area (Å²) in [5.74, 6) is 1.96. The Morgan fingerprint density at radius 2 is 1.40 bits per heavy atom. The first-order chi connectivity index (χ1) is 17.3. The van der Waals surface area contributed by atoms with Crippen LogP contribution in [0.3, 0.4) is 0 Å². The summed E-state index contributed by atoms with van der Waals surface area (Å²) in [5, 5.41) is 3.26. The second-order valence-corrected chi connectivity index (χ2v) is 8.50. The van der Waals surface area contributed by atoms with E-state index in [1.54, 1.807) is 0 Å². The topological polar surface area (TPSA) is 102 Å². The van der Waals surface area contributed by atoms with Gasteiger partial charge in [-0.3, -0.25) is 0 Å². The van der Waals surface area contributed by atoms with E-state index in [1.165, 1.54) is 0 Å². The second kappa shape index (κ2) is 9.85. The summed E-state index contributed by atoms with van der Waals surface area (Å²) in [6, 6.07) is 16.5. The van der Waals surface area contributed by atoms with Gasteiger partial charge in [0.25, 0.3) is 6.01 Å². The highest BCUT2D eigenvalue weighted by atomic mass is 16.5. The van der Waals surface area contributed by atoms with E-state index in [2.05, 4.69) is 32.2 Å². The Hall–Kier alpha value is -3.76. The lowest BCUT2D eigenvalue weighted by atomic mass is 10.2. The molecule has 2 aromatic heterocycles. The van der Waals surface area contributed by atoms with Gasteiger partial charge in [0.2, 0.25) is 11.9 Å². The maximum absolute atomic E-state index is 5.90. The molecule has 1 N–H and O–H groups in total. The number of nitrogens with one attached hydrogen (secondary N) is 1. The van der Waals surface area contributed by atoms with Crippen LogP contribution in [0.4, 0.5) is 17.9 Å². The van der Waals surface area contributed by atoms with Crippen LogP contribution in [0.1, 0.15) is 5.56 Å². The monoisotopic (exact) mass is 473 g/mol. The second-order valence-electron chi connectivity index (χ2n) is 8.50. The van der Waals surface area contributed by atoms with Crippen molar-refractivity contribution < 1.29 is 13.9 Å². The Labute approximate surface area is 202 Å². The number of aromatic nitrogens is 4. The lowest BCUT2D eigenvalue weighted by Gasteiger charge is -2.30. The zero-order valence-electron chi connectivity index (χ0n) is 19.4. The van der Waals surface area contributed by atoms with E-state index in [0.29, 0.717) is 62.3 Å². The summed E-state index contributed by atoms with van der Waals surface area (Å²) in [4.78, 5) is 23.4. The summed E-state index contributed by atoms with van der Waals surface area (Å²) in [6.45, 7) is 6.31. The first-order valence-corrected chi connectivity index (χ1v) is 11.9. The highest BCUT2D eigenvalue weighted by Crippen LogP contribution is 2.27. The number of rotatable bonds is 6. The van der Waals surface area contributed by atoms with Gasteiger partial charge in [0.1, 0.15) is 5.52 Å². The fourth-order valence-electron chi connectivity index (χ4n) is 4.21. The first kappa shape index (κ1) is 21.8. The van der Waals surface area contributed by atoms with Gasteiger partial charge in [-0.1, -0.05) is 30.3 Å². The minimum Gasteiger partial charge on any atom is -0.424 e. The van der Waals surface area contributed by atoms with Gasteiger partial charge in [-0.2, -0.15) is 19.9 Å². The van der Waals surface area contributed by atoms with E-state index in [0.717, 1.165) is 42.8 Å². The SMILES string of the molecule is c1ccc(CNc2nc3cc(-c4nc(N5CCOCC5)nc(N5CCOCC5)n4)ccc3o2)cc1. The fraction of sp³-hybridized carbons (Fsp3) is 0.360. The van der Waals surface area contributed by atoms with E-state index in [4.69, 9.17) is 28.8 Å². The van der Waals surface area contributed by atoms with Crippen molar-refractivity contribution in [2.45, 2.75) is 6.54 Å². The number of fused-ring (bicyclic) bond motifs is 1. The molecule has 6 rings (SSSR count). The van der Waals surface area contributed by atoms with Crippen LogP contribution in [0.15, 0.2) is 52.9 Å². The molecular formula is C25H27N7O3. The van der Waals surface area contributed by atoms with Crippen LogP contribution in [0, 0.1) is 0 Å². The molecule has 2 aliphatic rings. The van der Waals surface area contributed by atoms with Crippen molar-refractivity contribution in [3.63, 3.8) is 0 Å². The predicted molar refractivity (Wildman–Crippen MR) is 133 cm³/mol. The lowest BCUT2D eigenvalue weighted by Crippen LogP contribution is -2.40. The third-order valence-electron chi connectivity index (χ3n) is 6.13. The zero-order chi connectivity index (χ0) is 23.5. The van der Waals surface area contributed by atoms with Gasteiger partial charge in [-0.05, 0) is 23.8 Å². The van der Waals surface area contributed by atoms with E-state index in [-0.39, 0.29) is 0 Å². The Balaban J connectivity index is 1.30. The summed E-state index contributed by atoms with van der Waals surface area (Å²) < 4.78 is 16.9. The van der Waals surface area contributed by atoms with Gasteiger partial charge in [0, 0.05) is 38.3 Å². The van der Waals surface area contributed by atoms with Gasteiger partial charge < -0.3 is 29.0 Å². The molecule has 0 unspecified atom stereocenters. The molecule has 10 heteroatoms. The van der Waals surface area contributed by atoms with Crippen molar-refractivity contribution >= 4 is 29.0 Å². The zero-order valence-corrected chi connectivity index (χ0v) is 19.4. The highest BCUT2D eigenvalue weighted by Gasteiger charge is 2.21. The molecule has 35 heavy (non-hydrogen) atoms. The molecule has 4 aromatic rings. The normalized spacial score (nSPS) is 16.6. The summed E-state index contributed by atoms with van der Waals surface area (Å²) in [6.07, 6.45) is 0. The minimum absolute atomic E-state index is 0.486.